The molecule has 0 bridgehead atoms. The molecule has 0 heterocycles. The van der Waals surface area contributed by atoms with E-state index in [0.29, 0.717) is 36.3 Å². The summed E-state index contributed by atoms with van der Waals surface area (Å²) < 4.78 is 30.2. The number of rotatable bonds is 10. The molecule has 3 rings (SSSR count). The van der Waals surface area contributed by atoms with Crippen molar-refractivity contribution in [2.24, 2.45) is 0 Å². The van der Waals surface area contributed by atoms with Gasteiger partial charge in [0.1, 0.15) is 18.2 Å². The van der Waals surface area contributed by atoms with Gasteiger partial charge in [0.25, 0.3) is 0 Å². The first-order valence-electron chi connectivity index (χ1n) is 9.88. The van der Waals surface area contributed by atoms with Gasteiger partial charge in [-0.1, -0.05) is 23.7 Å². The number of anilines is 1. The third-order valence-corrected chi connectivity index (χ3v) is 4.61. The maximum atomic E-state index is 13.1. The highest BCUT2D eigenvalue weighted by molar-refractivity contribution is 6.32. The van der Waals surface area contributed by atoms with E-state index in [-0.39, 0.29) is 12.4 Å². The Hall–Kier alpha value is -2.92. The molecule has 4 nitrogen and oxygen atoms in total. The molecule has 0 spiro atoms. The molecule has 0 aliphatic heterocycles. The van der Waals surface area contributed by atoms with E-state index in [4.69, 9.17) is 25.8 Å². The third kappa shape index (κ3) is 6.04. The maximum absolute atomic E-state index is 13.1. The highest BCUT2D eigenvalue weighted by Gasteiger charge is 2.13. The van der Waals surface area contributed by atoms with Crippen LogP contribution in [0.4, 0.5) is 10.1 Å². The van der Waals surface area contributed by atoms with Crippen molar-refractivity contribution in [3.63, 3.8) is 0 Å². The van der Waals surface area contributed by atoms with Crippen molar-refractivity contribution in [3.8, 4) is 17.2 Å². The normalized spacial score (nSPS) is 10.5. The van der Waals surface area contributed by atoms with Gasteiger partial charge in [-0.25, -0.2) is 4.39 Å². The number of hydrogen-bond acceptors (Lipinski definition) is 4. The lowest BCUT2D eigenvalue weighted by Gasteiger charge is -2.16. The summed E-state index contributed by atoms with van der Waals surface area (Å²) in [5.74, 6) is 1.62. The zero-order chi connectivity index (χ0) is 21.3. The molecule has 30 heavy (non-hydrogen) atoms. The second-order valence-electron chi connectivity index (χ2n) is 6.56. The monoisotopic (exact) mass is 429 g/mol. The molecule has 0 fully saturated rings. The Morgan fingerprint density at radius 1 is 0.833 bits per heavy atom. The van der Waals surface area contributed by atoms with E-state index in [9.17, 15) is 4.39 Å². The van der Waals surface area contributed by atoms with E-state index in [1.165, 1.54) is 12.1 Å². The Kier molecular flexibility index (Phi) is 7.80. The second kappa shape index (κ2) is 10.7. The minimum atomic E-state index is -0.281. The summed E-state index contributed by atoms with van der Waals surface area (Å²) in [6, 6.07) is 17.7. The minimum absolute atomic E-state index is 0.268. The van der Waals surface area contributed by atoms with E-state index in [1.54, 1.807) is 12.1 Å². The van der Waals surface area contributed by atoms with E-state index < -0.39 is 0 Å². The van der Waals surface area contributed by atoms with Gasteiger partial charge in [0.05, 0.1) is 18.2 Å². The van der Waals surface area contributed by atoms with Gasteiger partial charge in [0.2, 0.25) is 0 Å². The molecule has 0 radical (unpaired) electrons. The van der Waals surface area contributed by atoms with Gasteiger partial charge in [-0.3, -0.25) is 0 Å². The molecular formula is C24H25ClFNO3. The second-order valence-corrected chi connectivity index (χ2v) is 6.97. The number of halogens is 2. The van der Waals surface area contributed by atoms with Crippen LogP contribution in [0.1, 0.15) is 25.0 Å². The lowest BCUT2D eigenvalue weighted by atomic mass is 10.2. The lowest BCUT2D eigenvalue weighted by molar-refractivity contribution is 0.269. The van der Waals surface area contributed by atoms with Crippen LogP contribution in [-0.4, -0.2) is 13.2 Å². The maximum Gasteiger partial charge on any atom is 0.180 e. The summed E-state index contributed by atoms with van der Waals surface area (Å²) in [5.41, 5.74) is 2.78. The molecule has 0 amide bonds. The van der Waals surface area contributed by atoms with Gasteiger partial charge in [0, 0.05) is 12.2 Å². The van der Waals surface area contributed by atoms with E-state index in [2.05, 4.69) is 5.32 Å². The predicted octanol–water partition coefficient (Wildman–Crippen LogP) is 6.47. The van der Waals surface area contributed by atoms with Crippen molar-refractivity contribution >= 4 is 17.3 Å². The molecule has 6 heteroatoms. The minimum Gasteiger partial charge on any atom is -0.494 e. The third-order valence-electron chi connectivity index (χ3n) is 4.33. The first-order chi connectivity index (χ1) is 14.6. The fourth-order valence-electron chi connectivity index (χ4n) is 2.90. The molecular weight excluding hydrogens is 405 g/mol. The number of benzene rings is 3. The van der Waals surface area contributed by atoms with Crippen molar-refractivity contribution in [1.29, 1.82) is 0 Å². The molecule has 0 unspecified atom stereocenters. The number of hydrogen-bond donors (Lipinski definition) is 1. The molecule has 0 aliphatic rings. The molecule has 0 saturated carbocycles. The van der Waals surface area contributed by atoms with E-state index in [0.717, 1.165) is 22.6 Å². The summed E-state index contributed by atoms with van der Waals surface area (Å²) in [5, 5.41) is 3.83. The Morgan fingerprint density at radius 3 is 2.20 bits per heavy atom. The molecule has 1 N–H and O–H groups in total. The van der Waals surface area contributed by atoms with Crippen molar-refractivity contribution in [3.05, 3.63) is 82.6 Å². The van der Waals surface area contributed by atoms with E-state index >= 15 is 0 Å². The number of ether oxygens (including phenoxy) is 3. The predicted molar refractivity (Wildman–Crippen MR) is 118 cm³/mol. The summed E-state index contributed by atoms with van der Waals surface area (Å²) in [6.45, 7) is 5.83. The highest BCUT2D eigenvalue weighted by Crippen LogP contribution is 2.37. The molecule has 158 valence electrons. The Balaban J connectivity index is 1.69. The first-order valence-corrected chi connectivity index (χ1v) is 10.3. The van der Waals surface area contributed by atoms with Crippen LogP contribution in [0.15, 0.2) is 60.7 Å². The van der Waals surface area contributed by atoms with Crippen LogP contribution in [0, 0.1) is 5.82 Å². The van der Waals surface area contributed by atoms with Crippen LogP contribution in [-0.2, 0) is 13.2 Å². The molecule has 0 aromatic heterocycles. The van der Waals surface area contributed by atoms with Gasteiger partial charge in [0.15, 0.2) is 11.5 Å². The first kappa shape index (κ1) is 21.8. The summed E-state index contributed by atoms with van der Waals surface area (Å²) in [6.07, 6.45) is 0. The van der Waals surface area contributed by atoms with Crippen molar-refractivity contribution in [2.45, 2.75) is 27.0 Å². The zero-order valence-corrected chi connectivity index (χ0v) is 17.8. The lowest BCUT2D eigenvalue weighted by Crippen LogP contribution is -2.04. The standard InChI is InChI=1S/C24H25ClFNO3/c1-3-28-21-11-9-20(10-12-21)27-15-18-13-22(25)24(23(14-18)29-4-2)30-16-17-5-7-19(26)8-6-17/h5-14,27H,3-4,15-16H2,1-2H3. The number of nitrogens with one attached hydrogen (secondary N) is 1. The van der Waals surface area contributed by atoms with Crippen molar-refractivity contribution < 1.29 is 18.6 Å². The van der Waals surface area contributed by atoms with Crippen LogP contribution in [0.3, 0.4) is 0 Å². The smallest absolute Gasteiger partial charge is 0.180 e. The fraction of sp³-hybridized carbons (Fsp3) is 0.250. The summed E-state index contributed by atoms with van der Waals surface area (Å²) >= 11 is 6.49. The van der Waals surface area contributed by atoms with Gasteiger partial charge in [-0.2, -0.15) is 0 Å². The summed E-state index contributed by atoms with van der Waals surface area (Å²) in [4.78, 5) is 0. The van der Waals surface area contributed by atoms with Crippen molar-refractivity contribution in [1.82, 2.24) is 0 Å². The van der Waals surface area contributed by atoms with Crippen LogP contribution >= 0.6 is 11.6 Å². The Morgan fingerprint density at radius 2 is 1.53 bits per heavy atom. The van der Waals surface area contributed by atoms with Crippen LogP contribution in [0.25, 0.3) is 0 Å². The SMILES string of the molecule is CCOc1ccc(NCc2cc(Cl)c(OCc3ccc(F)cc3)c(OCC)c2)cc1. The highest BCUT2D eigenvalue weighted by atomic mass is 35.5. The molecule has 0 atom stereocenters. The van der Waals surface area contributed by atoms with Gasteiger partial charge >= 0.3 is 0 Å². The van der Waals surface area contributed by atoms with Crippen molar-refractivity contribution in [2.75, 3.05) is 18.5 Å². The molecule has 0 saturated heterocycles. The van der Waals surface area contributed by atoms with E-state index in [1.807, 2.05) is 50.2 Å². The topological polar surface area (TPSA) is 39.7 Å². The molecule has 3 aromatic rings. The molecule has 0 aliphatic carbocycles. The van der Waals surface area contributed by atoms with Crippen LogP contribution in [0.5, 0.6) is 17.2 Å². The molecule has 3 aromatic carbocycles. The van der Waals surface area contributed by atoms with Gasteiger partial charge in [-0.15, -0.1) is 0 Å². The van der Waals surface area contributed by atoms with Gasteiger partial charge < -0.3 is 19.5 Å². The Labute approximate surface area is 181 Å². The summed E-state index contributed by atoms with van der Waals surface area (Å²) in [7, 11) is 0. The quantitative estimate of drug-likeness (QED) is 0.401. The Bertz CT molecular complexity index is 946. The zero-order valence-electron chi connectivity index (χ0n) is 17.1. The average molecular weight is 430 g/mol. The van der Waals surface area contributed by atoms with Gasteiger partial charge in [-0.05, 0) is 73.5 Å². The van der Waals surface area contributed by atoms with Crippen LogP contribution < -0.4 is 19.5 Å². The van der Waals surface area contributed by atoms with Crippen LogP contribution in [0.2, 0.25) is 5.02 Å². The largest absolute Gasteiger partial charge is 0.494 e. The fourth-order valence-corrected chi connectivity index (χ4v) is 3.19. The average Bonchev–Trinajstić information content (AvgIpc) is 2.74.